The molecule has 0 amide bonds. The number of hydrogen-bond acceptors (Lipinski definition) is 1. The summed E-state index contributed by atoms with van der Waals surface area (Å²) in [6.07, 6.45) is -1.33. The van der Waals surface area contributed by atoms with Gasteiger partial charge in [-0.1, -0.05) is 52.5 Å². The van der Waals surface area contributed by atoms with E-state index in [0.29, 0.717) is 6.61 Å². The van der Waals surface area contributed by atoms with Crippen LogP contribution in [0.3, 0.4) is 0 Å². The molecule has 1 atom stereocenters. The minimum atomic E-state index is -2.32. The molecule has 1 aromatic rings. The summed E-state index contributed by atoms with van der Waals surface area (Å²) in [4.78, 5) is 0. The van der Waals surface area contributed by atoms with Crippen molar-refractivity contribution in [3.63, 3.8) is 0 Å². The molecule has 0 fully saturated rings. The number of halogens is 2. The van der Waals surface area contributed by atoms with Crippen LogP contribution >= 0.6 is 26.4 Å². The Morgan fingerprint density at radius 1 is 1.38 bits per heavy atom. The molecule has 72 valence electrons. The van der Waals surface area contributed by atoms with Gasteiger partial charge in [-0.05, 0) is 11.6 Å². The van der Waals surface area contributed by atoms with E-state index in [9.17, 15) is 0 Å². The minimum Gasteiger partial charge on any atom is -0.392 e. The van der Waals surface area contributed by atoms with Gasteiger partial charge >= 0.3 is 6.25 Å². The van der Waals surface area contributed by atoms with Crippen molar-refractivity contribution in [2.75, 3.05) is 6.61 Å². The van der Waals surface area contributed by atoms with Crippen molar-refractivity contribution in [1.29, 1.82) is 0 Å². The molecule has 0 aromatic heterocycles. The average Bonchev–Trinajstić information content (AvgIpc) is 2.16. The van der Waals surface area contributed by atoms with Gasteiger partial charge in [-0.25, -0.2) is 0 Å². The molecule has 0 radical (unpaired) electrons. The van der Waals surface area contributed by atoms with Crippen LogP contribution in [0.5, 0.6) is 0 Å². The molecule has 1 nitrogen and oxygen atoms in total. The monoisotopic (exact) mass is 278 g/mol. The Balaban J connectivity index is 2.69. The largest absolute Gasteiger partial charge is 0.396 e. The Kier molecular flexibility index (Phi) is 4.45. The lowest BCUT2D eigenvalue weighted by Gasteiger charge is -2.17. The van der Waals surface area contributed by atoms with E-state index in [4.69, 9.17) is 15.5 Å². The first-order chi connectivity index (χ1) is 6.17. The Hall–Kier alpha value is 0.167. The second kappa shape index (κ2) is 5.15. The van der Waals surface area contributed by atoms with Gasteiger partial charge < -0.3 is 4.43 Å². The molecule has 0 aliphatic heterocycles. The molecule has 4 heteroatoms. The molecule has 0 aliphatic rings. The summed E-state index contributed by atoms with van der Waals surface area (Å²) in [5.74, 6) is 0. The first-order valence-electron chi connectivity index (χ1n) is 4.24. The smallest absolute Gasteiger partial charge is 0.392 e. The number of hydrogen-bond donors (Lipinski definition) is 0. The van der Waals surface area contributed by atoms with Gasteiger partial charge in [0, 0.05) is 6.61 Å². The fourth-order valence-electron chi connectivity index (χ4n) is 0.946. The van der Waals surface area contributed by atoms with Crippen molar-refractivity contribution in [2.24, 2.45) is 0 Å². The predicted octanol–water partition coefficient (Wildman–Crippen LogP) is 2.89. The van der Waals surface area contributed by atoms with Crippen LogP contribution < -0.4 is 5.19 Å². The highest BCUT2D eigenvalue weighted by molar-refractivity contribution is 9.27. The third-order valence-corrected chi connectivity index (χ3v) is 6.21. The van der Waals surface area contributed by atoms with Crippen LogP contribution in [0.15, 0.2) is 30.3 Å². The third kappa shape index (κ3) is 3.42. The summed E-state index contributed by atoms with van der Waals surface area (Å²) in [5, 5.41) is 1.06. The van der Waals surface area contributed by atoms with Crippen molar-refractivity contribution in [1.82, 2.24) is 0 Å². The fourth-order valence-corrected chi connectivity index (χ4v) is 4.04. The van der Waals surface area contributed by atoms with Crippen LogP contribution in [0.1, 0.15) is 13.3 Å². The summed E-state index contributed by atoms with van der Waals surface area (Å²) < 4.78 is 5.59. The maximum atomic E-state index is 6.27. The van der Waals surface area contributed by atoms with Gasteiger partial charge in [0.25, 0.3) is 0 Å². The van der Waals surface area contributed by atoms with Crippen molar-refractivity contribution in [2.45, 2.75) is 13.3 Å². The van der Waals surface area contributed by atoms with Gasteiger partial charge in [-0.3, -0.25) is 0 Å². The Labute approximate surface area is 92.5 Å². The van der Waals surface area contributed by atoms with Gasteiger partial charge in [0.1, 0.15) is 0 Å². The van der Waals surface area contributed by atoms with Gasteiger partial charge in [-0.15, -0.1) is 11.1 Å². The zero-order chi connectivity index (χ0) is 9.73. The quantitative estimate of drug-likeness (QED) is 0.608. The topological polar surface area (TPSA) is 9.23 Å². The van der Waals surface area contributed by atoms with Crippen molar-refractivity contribution in [3.8, 4) is 0 Å². The van der Waals surface area contributed by atoms with Crippen LogP contribution in [-0.2, 0) is 4.43 Å². The predicted molar refractivity (Wildman–Crippen MR) is 62.9 cm³/mol. The van der Waals surface area contributed by atoms with Gasteiger partial charge in [0.15, 0.2) is 0 Å². The van der Waals surface area contributed by atoms with E-state index in [1.165, 1.54) is 0 Å². The molecule has 0 bridgehead atoms. The first kappa shape index (κ1) is 11.2. The molecule has 1 rings (SSSR count). The van der Waals surface area contributed by atoms with E-state index >= 15 is 0 Å². The molecule has 1 aromatic carbocycles. The minimum absolute atomic E-state index is 0.704. The van der Waals surface area contributed by atoms with E-state index in [1.54, 1.807) is 0 Å². The number of rotatable bonds is 4. The molecule has 0 heterocycles. The highest BCUT2D eigenvalue weighted by Gasteiger charge is 2.31. The summed E-state index contributed by atoms with van der Waals surface area (Å²) in [6, 6.07) is 9.89. The average molecular weight is 280 g/mol. The molecular weight excluding hydrogens is 268 g/mol. The zero-order valence-corrected chi connectivity index (χ0v) is 10.8. The molecular formula is C9H12BrClOSi. The lowest BCUT2D eigenvalue weighted by atomic mass is 10.4. The van der Waals surface area contributed by atoms with Crippen molar-refractivity contribution in [3.05, 3.63) is 30.3 Å². The van der Waals surface area contributed by atoms with Crippen molar-refractivity contribution < 1.29 is 4.43 Å². The Bertz CT molecular complexity index is 253. The maximum absolute atomic E-state index is 6.27. The van der Waals surface area contributed by atoms with Crippen LogP contribution in [0.2, 0.25) is 0 Å². The van der Waals surface area contributed by atoms with Crippen molar-refractivity contribution >= 4 is 37.8 Å². The molecule has 0 spiro atoms. The second-order valence-electron chi connectivity index (χ2n) is 2.73. The van der Waals surface area contributed by atoms with E-state index in [0.717, 1.165) is 11.6 Å². The third-order valence-electron chi connectivity index (χ3n) is 1.60. The summed E-state index contributed by atoms with van der Waals surface area (Å²) >= 11 is 9.75. The van der Waals surface area contributed by atoms with E-state index in [1.807, 2.05) is 30.3 Å². The molecule has 1 unspecified atom stereocenters. The van der Waals surface area contributed by atoms with Crippen LogP contribution in [0.25, 0.3) is 0 Å². The van der Waals surface area contributed by atoms with E-state index in [-0.39, 0.29) is 0 Å². The van der Waals surface area contributed by atoms with Crippen LogP contribution in [0, 0.1) is 0 Å². The molecule has 0 saturated carbocycles. The van der Waals surface area contributed by atoms with E-state index < -0.39 is 6.25 Å². The highest BCUT2D eigenvalue weighted by Crippen LogP contribution is 2.18. The summed E-state index contributed by atoms with van der Waals surface area (Å²) in [7, 11) is 0. The van der Waals surface area contributed by atoms with Gasteiger partial charge in [-0.2, -0.15) is 0 Å². The maximum Gasteiger partial charge on any atom is 0.396 e. The highest BCUT2D eigenvalue weighted by atomic mass is 79.9. The Morgan fingerprint density at radius 3 is 2.54 bits per heavy atom. The standard InChI is InChI=1S/C9H12BrClOSi/c1-2-8-12-13(10,11)9-6-4-3-5-7-9/h3-7H,2,8H2,1H3. The molecule has 0 saturated heterocycles. The lowest BCUT2D eigenvalue weighted by Crippen LogP contribution is -2.39. The normalized spacial score (nSPS) is 15.3. The molecule has 0 aliphatic carbocycles. The van der Waals surface area contributed by atoms with Gasteiger partial charge in [0.2, 0.25) is 0 Å². The fraction of sp³-hybridized carbons (Fsp3) is 0.333. The van der Waals surface area contributed by atoms with E-state index in [2.05, 4.69) is 22.2 Å². The molecule has 0 N–H and O–H groups in total. The summed E-state index contributed by atoms with van der Waals surface area (Å²) in [5.41, 5.74) is 0. The van der Waals surface area contributed by atoms with Gasteiger partial charge in [0.05, 0.1) is 0 Å². The van der Waals surface area contributed by atoms with Crippen LogP contribution in [0.4, 0.5) is 0 Å². The second-order valence-corrected chi connectivity index (χ2v) is 10.9. The zero-order valence-electron chi connectivity index (χ0n) is 7.47. The first-order valence-corrected chi connectivity index (χ1v) is 9.42. The molecule has 13 heavy (non-hydrogen) atoms. The van der Waals surface area contributed by atoms with Crippen LogP contribution in [-0.4, -0.2) is 12.9 Å². The number of benzene rings is 1. The Morgan fingerprint density at radius 2 is 2.00 bits per heavy atom. The summed E-state index contributed by atoms with van der Waals surface area (Å²) in [6.45, 7) is 2.77. The SMILES string of the molecule is CCCO[Si](Cl)(Br)c1ccccc1. The lowest BCUT2D eigenvalue weighted by molar-refractivity contribution is 0.333.